The van der Waals surface area contributed by atoms with Crippen molar-refractivity contribution in [2.75, 3.05) is 7.05 Å². The van der Waals surface area contributed by atoms with Crippen LogP contribution in [-0.4, -0.2) is 34.2 Å². The molecule has 30 heavy (non-hydrogen) atoms. The molecule has 0 unspecified atom stereocenters. The van der Waals surface area contributed by atoms with Crippen molar-refractivity contribution in [1.29, 1.82) is 0 Å². The van der Waals surface area contributed by atoms with Gasteiger partial charge in [-0.1, -0.05) is 53.7 Å². The summed E-state index contributed by atoms with van der Waals surface area (Å²) >= 11 is 1.65. The van der Waals surface area contributed by atoms with Crippen molar-refractivity contribution in [2.45, 2.75) is 43.2 Å². The molecular weight excluding hydrogens is 414 g/mol. The third kappa shape index (κ3) is 3.16. The van der Waals surface area contributed by atoms with Gasteiger partial charge in [0.1, 0.15) is 0 Å². The zero-order valence-corrected chi connectivity index (χ0v) is 18.4. The van der Waals surface area contributed by atoms with Crippen LogP contribution in [0, 0.1) is 0 Å². The van der Waals surface area contributed by atoms with Gasteiger partial charge in [0.2, 0.25) is 11.7 Å². The number of benzene rings is 2. The first-order chi connectivity index (χ1) is 14.3. The second-order valence-electron chi connectivity index (χ2n) is 8.37. The van der Waals surface area contributed by atoms with E-state index in [-0.39, 0.29) is 18.3 Å². The Morgan fingerprint density at radius 1 is 1.03 bits per heavy atom. The Hall–Kier alpha value is -2.21. The molecule has 0 spiro atoms. The number of nitrogens with zero attached hydrogens (tertiary/aromatic N) is 3. The minimum atomic E-state index is 0. The van der Waals surface area contributed by atoms with Gasteiger partial charge in [-0.2, -0.15) is 4.98 Å². The topological polar surface area (TPSA) is 42.2 Å². The van der Waals surface area contributed by atoms with Crippen LogP contribution >= 0.6 is 23.7 Å². The number of rotatable bonds is 3. The lowest BCUT2D eigenvalue weighted by Gasteiger charge is -2.41. The SMILES string of the molecule is CN1[C@H]2CC[C@@H]1[C@@H](c1nc(-c3cccs3)no1)[C@@H](c1ccc3ccccc3c1)C2.Cl. The summed E-state index contributed by atoms with van der Waals surface area (Å²) in [6.07, 6.45) is 3.60. The van der Waals surface area contributed by atoms with Crippen LogP contribution in [0.25, 0.3) is 21.5 Å². The zero-order chi connectivity index (χ0) is 19.4. The van der Waals surface area contributed by atoms with E-state index < -0.39 is 0 Å². The Morgan fingerprint density at radius 2 is 1.90 bits per heavy atom. The molecule has 2 saturated heterocycles. The molecule has 2 aromatic carbocycles. The smallest absolute Gasteiger partial charge is 0.232 e. The van der Waals surface area contributed by atoms with Crippen LogP contribution in [0.3, 0.4) is 0 Å². The average Bonchev–Trinajstić information content (AvgIpc) is 3.48. The summed E-state index contributed by atoms with van der Waals surface area (Å²) in [4.78, 5) is 8.49. The standard InChI is InChI=1S/C24H23N3OS.ClH/c1-27-18-10-11-20(27)22(24-25-23(26-28-24)21-7-4-12-29-21)19(14-18)17-9-8-15-5-2-3-6-16(15)13-17;/h2-9,12-13,18-20,22H,10-11,14H2,1H3;1H/t18-,19+,20+,22-;/m0./s1. The largest absolute Gasteiger partial charge is 0.339 e. The van der Waals surface area contributed by atoms with E-state index in [4.69, 9.17) is 9.51 Å². The van der Waals surface area contributed by atoms with E-state index in [0.29, 0.717) is 18.0 Å². The lowest BCUT2D eigenvalue weighted by molar-refractivity contribution is 0.120. The highest BCUT2D eigenvalue weighted by Gasteiger charge is 2.48. The quantitative estimate of drug-likeness (QED) is 0.388. The molecule has 0 radical (unpaired) electrons. The number of thiophene rings is 1. The van der Waals surface area contributed by atoms with Crippen molar-refractivity contribution in [3.8, 4) is 10.7 Å². The van der Waals surface area contributed by atoms with Crippen LogP contribution in [0.4, 0.5) is 0 Å². The third-order valence-electron chi connectivity index (χ3n) is 6.94. The van der Waals surface area contributed by atoms with Gasteiger partial charge in [0.05, 0.1) is 10.8 Å². The fraction of sp³-hybridized carbons (Fsp3) is 0.333. The molecule has 0 aliphatic carbocycles. The maximum atomic E-state index is 5.88. The Morgan fingerprint density at radius 3 is 2.73 bits per heavy atom. The molecule has 4 aromatic rings. The Kier molecular flexibility index (Phi) is 5.13. The van der Waals surface area contributed by atoms with E-state index in [2.05, 4.69) is 71.0 Å². The van der Waals surface area contributed by atoms with Crippen molar-refractivity contribution in [2.24, 2.45) is 0 Å². The first-order valence-electron chi connectivity index (χ1n) is 10.4. The number of likely N-dealkylation sites (N-methyl/N-ethyl adjacent to an activating group) is 1. The van der Waals surface area contributed by atoms with Gasteiger partial charge in [0.25, 0.3) is 0 Å². The highest BCUT2D eigenvalue weighted by Crippen LogP contribution is 2.51. The molecule has 2 aliphatic rings. The van der Waals surface area contributed by atoms with E-state index in [0.717, 1.165) is 23.0 Å². The molecule has 0 saturated carbocycles. The number of fused-ring (bicyclic) bond motifs is 3. The van der Waals surface area contributed by atoms with Crippen LogP contribution in [0.15, 0.2) is 64.5 Å². The highest BCUT2D eigenvalue weighted by molar-refractivity contribution is 7.13. The summed E-state index contributed by atoms with van der Waals surface area (Å²) in [5, 5.41) is 8.98. The lowest BCUT2D eigenvalue weighted by Crippen LogP contribution is -2.44. The van der Waals surface area contributed by atoms with Crippen molar-refractivity contribution >= 4 is 34.5 Å². The number of piperidine rings is 1. The van der Waals surface area contributed by atoms with Gasteiger partial charge in [-0.25, -0.2) is 0 Å². The predicted octanol–water partition coefficient (Wildman–Crippen LogP) is 6.11. The molecule has 4 nitrogen and oxygen atoms in total. The predicted molar refractivity (Wildman–Crippen MR) is 123 cm³/mol. The van der Waals surface area contributed by atoms with Crippen LogP contribution in [0.2, 0.25) is 0 Å². The van der Waals surface area contributed by atoms with Crippen LogP contribution in [-0.2, 0) is 0 Å². The van der Waals surface area contributed by atoms with Gasteiger partial charge in [-0.3, -0.25) is 4.90 Å². The lowest BCUT2D eigenvalue weighted by atomic mass is 9.75. The fourth-order valence-electron chi connectivity index (χ4n) is 5.46. The van der Waals surface area contributed by atoms with Crippen molar-refractivity contribution in [3.05, 3.63) is 71.4 Å². The van der Waals surface area contributed by atoms with Crippen LogP contribution in [0.5, 0.6) is 0 Å². The third-order valence-corrected chi connectivity index (χ3v) is 7.80. The summed E-state index contributed by atoms with van der Waals surface area (Å²) in [5.41, 5.74) is 1.40. The molecule has 6 heteroatoms. The monoisotopic (exact) mass is 437 g/mol. The second kappa shape index (κ2) is 7.80. The molecular formula is C24H24ClN3OS. The maximum absolute atomic E-state index is 5.88. The highest BCUT2D eigenvalue weighted by atomic mass is 35.5. The molecule has 0 amide bonds. The van der Waals surface area contributed by atoms with Crippen molar-refractivity contribution in [1.82, 2.24) is 15.0 Å². The molecule has 4 atom stereocenters. The molecule has 4 heterocycles. The molecule has 2 fully saturated rings. The normalized spacial score (nSPS) is 26.0. The Balaban J connectivity index is 0.00000193. The molecule has 0 N–H and O–H groups in total. The van der Waals surface area contributed by atoms with Gasteiger partial charge in [0.15, 0.2) is 0 Å². The average molecular weight is 438 g/mol. The number of hydrogen-bond acceptors (Lipinski definition) is 5. The first-order valence-corrected chi connectivity index (χ1v) is 11.2. The Bertz CT molecular complexity index is 1160. The van der Waals surface area contributed by atoms with E-state index in [1.807, 2.05) is 6.07 Å². The van der Waals surface area contributed by atoms with Crippen molar-refractivity contribution in [3.63, 3.8) is 0 Å². The number of hydrogen-bond donors (Lipinski definition) is 0. The molecule has 2 aliphatic heterocycles. The van der Waals surface area contributed by atoms with Crippen molar-refractivity contribution < 1.29 is 4.52 Å². The van der Waals surface area contributed by atoms with Gasteiger partial charge >= 0.3 is 0 Å². The van der Waals surface area contributed by atoms with Gasteiger partial charge < -0.3 is 4.52 Å². The molecule has 154 valence electrons. The van der Waals surface area contributed by atoms with Crippen LogP contribution < -0.4 is 0 Å². The van der Waals surface area contributed by atoms with Crippen LogP contribution in [0.1, 0.15) is 42.6 Å². The molecule has 2 aromatic heterocycles. The second-order valence-corrected chi connectivity index (χ2v) is 9.32. The summed E-state index contributed by atoms with van der Waals surface area (Å²) in [7, 11) is 2.27. The fourth-order valence-corrected chi connectivity index (χ4v) is 6.11. The summed E-state index contributed by atoms with van der Waals surface area (Å²) in [6.45, 7) is 0. The van der Waals surface area contributed by atoms with E-state index in [9.17, 15) is 0 Å². The van der Waals surface area contributed by atoms with E-state index in [1.165, 1.54) is 29.2 Å². The zero-order valence-electron chi connectivity index (χ0n) is 16.8. The minimum Gasteiger partial charge on any atom is -0.339 e. The minimum absolute atomic E-state index is 0. The number of aromatic nitrogens is 2. The summed E-state index contributed by atoms with van der Waals surface area (Å²) < 4.78 is 5.88. The van der Waals surface area contributed by atoms with E-state index in [1.54, 1.807) is 11.3 Å². The molecule has 6 rings (SSSR count). The van der Waals surface area contributed by atoms with Gasteiger partial charge in [-0.15, -0.1) is 23.7 Å². The van der Waals surface area contributed by atoms with Gasteiger partial charge in [-0.05, 0) is 60.0 Å². The first kappa shape index (κ1) is 19.7. The maximum Gasteiger partial charge on any atom is 0.232 e. The van der Waals surface area contributed by atoms with Gasteiger partial charge in [0, 0.05) is 12.1 Å². The number of halogens is 1. The Labute approximate surface area is 186 Å². The summed E-state index contributed by atoms with van der Waals surface area (Å²) in [5.74, 6) is 2.16. The molecule has 2 bridgehead atoms. The van der Waals surface area contributed by atoms with E-state index >= 15 is 0 Å². The summed E-state index contributed by atoms with van der Waals surface area (Å²) in [6, 6.07) is 20.7.